The SMILES string of the molecule is CCCn1c(C)cc(-c2csc(NC(=O)[C@@H]3C[C@@H]3C)n2)c1C. The average molecular weight is 317 g/mol. The smallest absolute Gasteiger partial charge is 0.229 e. The second-order valence-electron chi connectivity index (χ2n) is 6.28. The molecule has 4 nitrogen and oxygen atoms in total. The highest BCUT2D eigenvalue weighted by molar-refractivity contribution is 7.14. The minimum atomic E-state index is 0.116. The second kappa shape index (κ2) is 5.88. The van der Waals surface area contributed by atoms with E-state index >= 15 is 0 Å². The Morgan fingerprint density at radius 1 is 1.50 bits per heavy atom. The van der Waals surface area contributed by atoms with Crippen molar-refractivity contribution >= 4 is 22.4 Å². The van der Waals surface area contributed by atoms with Crippen molar-refractivity contribution in [1.29, 1.82) is 0 Å². The van der Waals surface area contributed by atoms with Crippen LogP contribution in [0.25, 0.3) is 11.3 Å². The minimum absolute atomic E-state index is 0.116. The highest BCUT2D eigenvalue weighted by atomic mass is 32.1. The van der Waals surface area contributed by atoms with Gasteiger partial charge in [0.15, 0.2) is 5.13 Å². The quantitative estimate of drug-likeness (QED) is 0.897. The summed E-state index contributed by atoms with van der Waals surface area (Å²) in [5.74, 6) is 0.819. The molecule has 22 heavy (non-hydrogen) atoms. The van der Waals surface area contributed by atoms with E-state index in [9.17, 15) is 4.79 Å². The van der Waals surface area contributed by atoms with E-state index in [-0.39, 0.29) is 11.8 Å². The molecule has 0 unspecified atom stereocenters. The molecule has 2 aromatic heterocycles. The summed E-state index contributed by atoms with van der Waals surface area (Å²) in [5.41, 5.74) is 4.64. The molecule has 0 radical (unpaired) electrons. The van der Waals surface area contributed by atoms with Gasteiger partial charge in [-0.3, -0.25) is 4.79 Å². The Hall–Kier alpha value is -1.62. The number of carbonyl (C=O) groups is 1. The zero-order valence-corrected chi connectivity index (χ0v) is 14.5. The molecule has 0 saturated heterocycles. The second-order valence-corrected chi connectivity index (χ2v) is 7.14. The van der Waals surface area contributed by atoms with Gasteiger partial charge in [-0.25, -0.2) is 4.98 Å². The number of carbonyl (C=O) groups excluding carboxylic acids is 1. The van der Waals surface area contributed by atoms with E-state index in [0.717, 1.165) is 25.1 Å². The van der Waals surface area contributed by atoms with Gasteiger partial charge in [-0.2, -0.15) is 0 Å². The third-order valence-corrected chi connectivity index (χ3v) is 5.24. The molecule has 1 N–H and O–H groups in total. The Bertz CT molecular complexity index is 701. The first-order chi connectivity index (χ1) is 10.5. The lowest BCUT2D eigenvalue weighted by Gasteiger charge is -2.07. The Balaban J connectivity index is 1.79. The Labute approximate surface area is 135 Å². The molecular formula is C17H23N3OS. The maximum absolute atomic E-state index is 12.0. The van der Waals surface area contributed by atoms with Crippen molar-refractivity contribution in [2.45, 2.75) is 47.1 Å². The molecule has 1 saturated carbocycles. The Morgan fingerprint density at radius 2 is 2.23 bits per heavy atom. The summed E-state index contributed by atoms with van der Waals surface area (Å²) in [5, 5.41) is 5.69. The van der Waals surface area contributed by atoms with Gasteiger partial charge in [-0.05, 0) is 38.7 Å². The van der Waals surface area contributed by atoms with E-state index in [4.69, 9.17) is 0 Å². The summed E-state index contributed by atoms with van der Waals surface area (Å²) in [7, 11) is 0. The first-order valence-corrected chi connectivity index (χ1v) is 8.82. The highest BCUT2D eigenvalue weighted by Gasteiger charge is 2.39. The number of amides is 1. The van der Waals surface area contributed by atoms with Crippen LogP contribution in [0.2, 0.25) is 0 Å². The van der Waals surface area contributed by atoms with Crippen LogP contribution in [-0.4, -0.2) is 15.5 Å². The van der Waals surface area contributed by atoms with Crippen molar-refractivity contribution in [2.75, 3.05) is 5.32 Å². The third kappa shape index (κ3) is 2.82. The van der Waals surface area contributed by atoms with E-state index in [1.54, 1.807) is 0 Å². The predicted octanol–water partition coefficient (Wildman–Crippen LogP) is 4.23. The number of nitrogens with one attached hydrogen (secondary N) is 1. The predicted molar refractivity (Wildman–Crippen MR) is 91.2 cm³/mol. The maximum atomic E-state index is 12.0. The third-order valence-electron chi connectivity index (χ3n) is 4.48. The standard InChI is InChI=1S/C17H23N3OS/c1-5-6-20-11(3)8-14(12(20)4)15-9-22-17(18-15)19-16(21)13-7-10(13)2/h8-10,13H,5-7H2,1-4H3,(H,18,19,21)/t10-,13+/m0/s1. The molecule has 0 spiro atoms. The van der Waals surface area contributed by atoms with E-state index < -0.39 is 0 Å². The van der Waals surface area contributed by atoms with Gasteiger partial charge in [0.1, 0.15) is 0 Å². The summed E-state index contributed by atoms with van der Waals surface area (Å²) >= 11 is 1.50. The number of rotatable bonds is 5. The molecule has 2 aromatic rings. The molecule has 1 amide bonds. The molecule has 1 aliphatic rings. The molecule has 2 heterocycles. The summed E-state index contributed by atoms with van der Waals surface area (Å²) in [6, 6.07) is 2.19. The summed E-state index contributed by atoms with van der Waals surface area (Å²) in [6.07, 6.45) is 2.12. The fourth-order valence-corrected chi connectivity index (χ4v) is 3.68. The van der Waals surface area contributed by atoms with E-state index in [1.165, 1.54) is 28.3 Å². The number of anilines is 1. The van der Waals surface area contributed by atoms with Gasteiger partial charge in [0.2, 0.25) is 5.91 Å². The molecule has 5 heteroatoms. The molecule has 118 valence electrons. The number of hydrogen-bond donors (Lipinski definition) is 1. The number of thiazole rings is 1. The molecule has 1 fully saturated rings. The Morgan fingerprint density at radius 3 is 2.86 bits per heavy atom. The van der Waals surface area contributed by atoms with Gasteiger partial charge in [-0.1, -0.05) is 13.8 Å². The number of hydrogen-bond acceptors (Lipinski definition) is 3. The molecule has 3 rings (SSSR count). The van der Waals surface area contributed by atoms with E-state index in [0.29, 0.717) is 11.0 Å². The van der Waals surface area contributed by atoms with Gasteiger partial charge < -0.3 is 9.88 Å². The zero-order valence-electron chi connectivity index (χ0n) is 13.6. The van der Waals surface area contributed by atoms with Crippen LogP contribution in [0, 0.1) is 25.7 Å². The lowest BCUT2D eigenvalue weighted by atomic mass is 10.2. The van der Waals surface area contributed by atoms with Crippen LogP contribution in [0.4, 0.5) is 5.13 Å². The normalized spacial score (nSPS) is 20.2. The monoisotopic (exact) mass is 317 g/mol. The lowest BCUT2D eigenvalue weighted by Crippen LogP contribution is -2.14. The zero-order chi connectivity index (χ0) is 15.9. The molecule has 2 atom stereocenters. The largest absolute Gasteiger partial charge is 0.348 e. The van der Waals surface area contributed by atoms with Gasteiger partial charge in [0, 0.05) is 34.8 Å². The number of nitrogens with zero attached hydrogens (tertiary/aromatic N) is 2. The molecule has 1 aliphatic carbocycles. The van der Waals surface area contributed by atoms with Crippen molar-refractivity contribution in [2.24, 2.45) is 11.8 Å². The molecule has 0 aromatic carbocycles. The van der Waals surface area contributed by atoms with E-state index in [1.807, 2.05) is 5.38 Å². The number of aryl methyl sites for hydroxylation is 1. The number of aromatic nitrogens is 2. The van der Waals surface area contributed by atoms with Gasteiger partial charge in [-0.15, -0.1) is 11.3 Å². The van der Waals surface area contributed by atoms with Crippen molar-refractivity contribution in [3.63, 3.8) is 0 Å². The van der Waals surface area contributed by atoms with Gasteiger partial charge in [0.05, 0.1) is 5.69 Å². The van der Waals surface area contributed by atoms with Crippen molar-refractivity contribution < 1.29 is 4.79 Å². The van der Waals surface area contributed by atoms with Crippen LogP contribution in [0.1, 0.15) is 38.1 Å². The van der Waals surface area contributed by atoms with E-state index in [2.05, 4.69) is 48.6 Å². The van der Waals surface area contributed by atoms with Crippen LogP contribution < -0.4 is 5.32 Å². The molecule has 0 aliphatic heterocycles. The first-order valence-electron chi connectivity index (χ1n) is 7.94. The summed E-state index contributed by atoms with van der Waals surface area (Å²) in [6.45, 7) is 9.61. The Kier molecular flexibility index (Phi) is 4.08. The fraction of sp³-hybridized carbons (Fsp3) is 0.529. The lowest BCUT2D eigenvalue weighted by molar-refractivity contribution is -0.117. The maximum Gasteiger partial charge on any atom is 0.229 e. The van der Waals surface area contributed by atoms with Crippen molar-refractivity contribution in [3.8, 4) is 11.3 Å². The summed E-state index contributed by atoms with van der Waals surface area (Å²) < 4.78 is 2.33. The fourth-order valence-electron chi connectivity index (χ4n) is 2.97. The topological polar surface area (TPSA) is 46.9 Å². The molecule has 0 bridgehead atoms. The van der Waals surface area contributed by atoms with Crippen LogP contribution >= 0.6 is 11.3 Å². The van der Waals surface area contributed by atoms with Crippen molar-refractivity contribution in [1.82, 2.24) is 9.55 Å². The van der Waals surface area contributed by atoms with Gasteiger partial charge >= 0.3 is 0 Å². The van der Waals surface area contributed by atoms with Crippen LogP contribution in [0.5, 0.6) is 0 Å². The first kappa shape index (κ1) is 15.3. The van der Waals surface area contributed by atoms with Crippen LogP contribution in [0.3, 0.4) is 0 Å². The highest BCUT2D eigenvalue weighted by Crippen LogP contribution is 2.39. The minimum Gasteiger partial charge on any atom is -0.348 e. The van der Waals surface area contributed by atoms with Crippen LogP contribution in [-0.2, 0) is 11.3 Å². The van der Waals surface area contributed by atoms with Crippen LogP contribution in [0.15, 0.2) is 11.4 Å². The van der Waals surface area contributed by atoms with Crippen molar-refractivity contribution in [3.05, 3.63) is 22.8 Å². The molecular weight excluding hydrogens is 294 g/mol. The summed E-state index contributed by atoms with van der Waals surface area (Å²) in [4.78, 5) is 16.6. The average Bonchev–Trinajstić information content (AvgIpc) is 2.92. The van der Waals surface area contributed by atoms with Gasteiger partial charge in [0.25, 0.3) is 0 Å².